The van der Waals surface area contributed by atoms with Gasteiger partial charge >= 0.3 is 0 Å². The molecule has 2 atom stereocenters. The predicted octanol–water partition coefficient (Wildman–Crippen LogP) is 0.261. The SMILES string of the molecule is CC[SiH]1NC1C. The van der Waals surface area contributed by atoms with Crippen molar-refractivity contribution in [2.45, 2.75) is 25.6 Å². The van der Waals surface area contributed by atoms with Gasteiger partial charge in [-0.05, 0) is 6.04 Å². The van der Waals surface area contributed by atoms with Gasteiger partial charge in [-0.1, -0.05) is 13.8 Å². The Balaban J connectivity index is 2.09. The van der Waals surface area contributed by atoms with Crippen LogP contribution in [0.3, 0.4) is 0 Å². The van der Waals surface area contributed by atoms with Gasteiger partial charge in [0, 0.05) is 5.67 Å². The fourth-order valence-electron chi connectivity index (χ4n) is 0.754. The molecule has 0 aromatic heterocycles. The van der Waals surface area contributed by atoms with E-state index in [9.17, 15) is 0 Å². The van der Waals surface area contributed by atoms with Gasteiger partial charge < -0.3 is 4.98 Å². The Hall–Kier alpha value is 0.177. The van der Waals surface area contributed by atoms with Crippen molar-refractivity contribution in [3.63, 3.8) is 0 Å². The predicted molar refractivity (Wildman–Crippen MR) is 30.2 cm³/mol. The Morgan fingerprint density at radius 2 is 2.33 bits per heavy atom. The smallest absolute Gasteiger partial charge is 0.124 e. The molecule has 1 nitrogen and oxygen atoms in total. The second-order valence-corrected chi connectivity index (χ2v) is 5.33. The highest BCUT2D eigenvalue weighted by Gasteiger charge is 2.30. The maximum absolute atomic E-state index is 3.42. The zero-order chi connectivity index (χ0) is 4.57. The number of nitrogens with one attached hydrogen (secondary N) is 1. The molecule has 1 aliphatic rings. The topological polar surface area (TPSA) is 21.9 Å². The van der Waals surface area contributed by atoms with E-state index in [4.69, 9.17) is 0 Å². The summed E-state index contributed by atoms with van der Waals surface area (Å²) in [6.45, 7) is 4.55. The first kappa shape index (κ1) is 4.34. The van der Waals surface area contributed by atoms with E-state index in [0.717, 1.165) is 5.67 Å². The molecule has 0 radical (unpaired) electrons. The number of hydrogen-bond acceptors (Lipinski definition) is 1. The summed E-state index contributed by atoms with van der Waals surface area (Å²) in [5.41, 5.74) is 0.954. The molecule has 0 aliphatic carbocycles. The van der Waals surface area contributed by atoms with E-state index in [1.54, 1.807) is 0 Å². The summed E-state index contributed by atoms with van der Waals surface area (Å²) >= 11 is 0. The molecule has 36 valence electrons. The van der Waals surface area contributed by atoms with Crippen LogP contribution in [0.25, 0.3) is 0 Å². The van der Waals surface area contributed by atoms with Crippen LogP contribution < -0.4 is 4.98 Å². The number of rotatable bonds is 1. The highest BCUT2D eigenvalue weighted by molar-refractivity contribution is 6.67. The third kappa shape index (κ3) is 0.630. The Morgan fingerprint density at radius 1 is 1.83 bits per heavy atom. The molecule has 0 saturated carbocycles. The normalized spacial score (nSPS) is 43.0. The fourth-order valence-corrected chi connectivity index (χ4v) is 2.67. The zero-order valence-electron chi connectivity index (χ0n) is 4.36. The minimum Gasteiger partial charge on any atom is -0.337 e. The minimum atomic E-state index is -0.244. The fraction of sp³-hybridized carbons (Fsp3) is 1.00. The molecule has 0 aromatic rings. The summed E-state index contributed by atoms with van der Waals surface area (Å²) in [6.07, 6.45) is 0. The van der Waals surface area contributed by atoms with Crippen LogP contribution in [0.1, 0.15) is 13.8 Å². The first-order valence-corrected chi connectivity index (χ1v) is 4.66. The lowest BCUT2D eigenvalue weighted by molar-refractivity contribution is 1.09. The molecular formula is C4H11NSi. The van der Waals surface area contributed by atoms with Crippen LogP contribution in [0, 0.1) is 0 Å². The summed E-state index contributed by atoms with van der Waals surface area (Å²) in [6, 6.07) is 1.43. The van der Waals surface area contributed by atoms with Gasteiger partial charge in [0.25, 0.3) is 0 Å². The van der Waals surface area contributed by atoms with Crippen LogP contribution in [0.15, 0.2) is 0 Å². The molecule has 1 aliphatic heterocycles. The maximum atomic E-state index is 3.42. The first-order valence-electron chi connectivity index (χ1n) is 2.60. The third-order valence-corrected chi connectivity index (χ3v) is 4.23. The van der Waals surface area contributed by atoms with Gasteiger partial charge in [-0.15, -0.1) is 0 Å². The maximum Gasteiger partial charge on any atom is 0.124 e. The van der Waals surface area contributed by atoms with Crippen molar-refractivity contribution < 1.29 is 0 Å². The van der Waals surface area contributed by atoms with Gasteiger partial charge in [-0.2, -0.15) is 0 Å². The van der Waals surface area contributed by atoms with E-state index >= 15 is 0 Å². The van der Waals surface area contributed by atoms with E-state index in [1.807, 2.05) is 0 Å². The lowest BCUT2D eigenvalue weighted by atomic mass is 10.8. The molecule has 2 heteroatoms. The molecule has 6 heavy (non-hydrogen) atoms. The van der Waals surface area contributed by atoms with Gasteiger partial charge in [0.05, 0.1) is 0 Å². The summed E-state index contributed by atoms with van der Waals surface area (Å²) in [4.78, 5) is 3.42. The summed E-state index contributed by atoms with van der Waals surface area (Å²) in [5, 5.41) is 0. The summed E-state index contributed by atoms with van der Waals surface area (Å²) in [5.74, 6) is 0. The lowest BCUT2D eigenvalue weighted by Gasteiger charge is -1.72. The van der Waals surface area contributed by atoms with Gasteiger partial charge in [0.1, 0.15) is 8.96 Å². The van der Waals surface area contributed by atoms with Crippen molar-refractivity contribution in [2.75, 3.05) is 0 Å². The molecule has 1 heterocycles. The van der Waals surface area contributed by atoms with E-state index < -0.39 is 0 Å². The van der Waals surface area contributed by atoms with E-state index in [0.29, 0.717) is 0 Å². The van der Waals surface area contributed by atoms with Gasteiger partial charge in [-0.25, -0.2) is 0 Å². The minimum absolute atomic E-state index is 0.244. The average molecular weight is 101 g/mol. The monoisotopic (exact) mass is 101 g/mol. The van der Waals surface area contributed by atoms with Crippen LogP contribution >= 0.6 is 0 Å². The van der Waals surface area contributed by atoms with Crippen LogP contribution in [-0.4, -0.2) is 14.6 Å². The second-order valence-electron chi connectivity index (χ2n) is 1.97. The Labute approximate surface area is 40.4 Å². The van der Waals surface area contributed by atoms with E-state index in [1.165, 1.54) is 6.04 Å². The Bertz CT molecular complexity index is 53.5. The van der Waals surface area contributed by atoms with Crippen molar-refractivity contribution in [1.82, 2.24) is 4.98 Å². The van der Waals surface area contributed by atoms with Crippen molar-refractivity contribution in [1.29, 1.82) is 0 Å². The van der Waals surface area contributed by atoms with Crippen LogP contribution in [-0.2, 0) is 0 Å². The number of hydrogen-bond donors (Lipinski definition) is 1. The third-order valence-electron chi connectivity index (χ3n) is 1.41. The quantitative estimate of drug-likeness (QED) is 0.371. The van der Waals surface area contributed by atoms with Crippen LogP contribution in [0.4, 0.5) is 0 Å². The molecule has 1 fully saturated rings. The largest absolute Gasteiger partial charge is 0.337 e. The van der Waals surface area contributed by atoms with Gasteiger partial charge in [0.2, 0.25) is 0 Å². The zero-order valence-corrected chi connectivity index (χ0v) is 5.52. The average Bonchev–Trinajstić information content (AvgIpc) is 2.19. The lowest BCUT2D eigenvalue weighted by Crippen LogP contribution is -1.90. The molecule has 1 rings (SSSR count). The van der Waals surface area contributed by atoms with Crippen molar-refractivity contribution in [3.8, 4) is 0 Å². The highest BCUT2D eigenvalue weighted by Crippen LogP contribution is 2.07. The molecule has 0 spiro atoms. The first-order chi connectivity index (χ1) is 2.84. The molecule has 2 unspecified atom stereocenters. The van der Waals surface area contributed by atoms with Crippen molar-refractivity contribution in [3.05, 3.63) is 0 Å². The summed E-state index contributed by atoms with van der Waals surface area (Å²) < 4.78 is 0. The van der Waals surface area contributed by atoms with Crippen molar-refractivity contribution >= 4 is 8.96 Å². The second kappa shape index (κ2) is 1.35. The van der Waals surface area contributed by atoms with E-state index in [-0.39, 0.29) is 8.96 Å². The standard InChI is InChI=1S/C4H11NSi/c1-3-6-4(2)5-6/h4-6H,3H2,1-2H3. The molecule has 0 bridgehead atoms. The summed E-state index contributed by atoms with van der Waals surface area (Å²) in [7, 11) is -0.244. The van der Waals surface area contributed by atoms with E-state index in [2.05, 4.69) is 18.8 Å². The van der Waals surface area contributed by atoms with Crippen LogP contribution in [0.2, 0.25) is 6.04 Å². The Kier molecular flexibility index (Phi) is 0.977. The van der Waals surface area contributed by atoms with Gasteiger partial charge in [0.15, 0.2) is 0 Å². The highest BCUT2D eigenvalue weighted by atomic mass is 28.3. The molecule has 0 aromatic carbocycles. The van der Waals surface area contributed by atoms with Crippen LogP contribution in [0.5, 0.6) is 0 Å². The molecule has 1 saturated heterocycles. The molecule has 1 N–H and O–H groups in total. The molecular weight excluding hydrogens is 90.1 g/mol. The van der Waals surface area contributed by atoms with Crippen molar-refractivity contribution in [2.24, 2.45) is 0 Å². The van der Waals surface area contributed by atoms with Gasteiger partial charge in [-0.3, -0.25) is 0 Å². The Morgan fingerprint density at radius 3 is 2.33 bits per heavy atom. The molecule has 0 amide bonds.